The summed E-state index contributed by atoms with van der Waals surface area (Å²) < 4.78 is 29.3. The maximum atomic E-state index is 14.5. The molecule has 0 spiro atoms. The van der Waals surface area contributed by atoms with Crippen molar-refractivity contribution in [2.45, 2.75) is 39.3 Å². The zero-order valence-corrected chi connectivity index (χ0v) is 31.5. The van der Waals surface area contributed by atoms with Gasteiger partial charge in [0.05, 0.1) is 32.0 Å². The maximum Gasteiger partial charge on any atom is 0.338 e. The molecule has 10 heteroatoms. The summed E-state index contributed by atoms with van der Waals surface area (Å²) in [5, 5.41) is 0. The lowest BCUT2D eigenvalue weighted by molar-refractivity contribution is -0.138. The second-order valence-electron chi connectivity index (χ2n) is 11.5. The first-order valence-corrected chi connectivity index (χ1v) is 18.4. The van der Waals surface area contributed by atoms with Crippen molar-refractivity contribution >= 4 is 74.3 Å². The SMILES string of the molecule is CCOC(=O)C1=C(c2ccccc2)N=c2s/c(=C\c3cc(I)cc(I)c3OCc3ccc(F)cc3)c(=O)n2[C@@H]1c1ccc(C(C)C)cc1. The molecule has 0 radical (unpaired) electrons. The van der Waals surface area contributed by atoms with E-state index in [4.69, 9.17) is 14.5 Å². The highest BCUT2D eigenvalue weighted by Gasteiger charge is 2.35. The Balaban J connectivity index is 1.55. The third-order valence-corrected chi connectivity index (χ3v) is 10.3. The molecule has 0 saturated heterocycles. The quantitative estimate of drug-likeness (QED) is 0.111. The largest absolute Gasteiger partial charge is 0.487 e. The van der Waals surface area contributed by atoms with Crippen molar-refractivity contribution in [3.63, 3.8) is 0 Å². The molecule has 0 N–H and O–H groups in total. The van der Waals surface area contributed by atoms with E-state index in [0.717, 1.165) is 35.0 Å². The van der Waals surface area contributed by atoms with Gasteiger partial charge in [-0.15, -0.1) is 0 Å². The van der Waals surface area contributed by atoms with Gasteiger partial charge >= 0.3 is 5.97 Å². The lowest BCUT2D eigenvalue weighted by atomic mass is 9.91. The van der Waals surface area contributed by atoms with Crippen molar-refractivity contribution in [2.24, 2.45) is 4.99 Å². The van der Waals surface area contributed by atoms with Gasteiger partial charge in [0.25, 0.3) is 5.56 Å². The molecule has 1 aliphatic rings. The number of hydrogen-bond donors (Lipinski definition) is 0. The summed E-state index contributed by atoms with van der Waals surface area (Å²) in [5.74, 6) is 0.103. The number of fused-ring (bicyclic) bond motifs is 1. The third kappa shape index (κ3) is 7.20. The van der Waals surface area contributed by atoms with Crippen LogP contribution in [0.2, 0.25) is 0 Å². The standard InChI is InChI=1S/C38H31FI2N2O4S/c1-4-46-37(45)32-33(25-8-6-5-7-9-25)42-38-43(34(32)26-14-12-24(13-15-26)22(2)3)36(44)31(48-38)19-27-18-29(40)20-30(41)35(27)47-21-23-10-16-28(39)17-11-23/h5-20,22,34H,4,21H2,1-3H3/b31-19-/t34-/m1/s1. The second-order valence-corrected chi connectivity index (χ2v) is 14.9. The molecule has 244 valence electrons. The van der Waals surface area contributed by atoms with E-state index in [9.17, 15) is 14.0 Å². The minimum atomic E-state index is -0.760. The Bertz CT molecular complexity index is 2190. The van der Waals surface area contributed by atoms with Crippen LogP contribution in [-0.2, 0) is 16.1 Å². The van der Waals surface area contributed by atoms with E-state index in [-0.39, 0.29) is 24.6 Å². The van der Waals surface area contributed by atoms with Gasteiger partial charge in [-0.1, -0.05) is 91.9 Å². The predicted octanol–water partition coefficient (Wildman–Crippen LogP) is 7.99. The molecule has 2 heterocycles. The number of halogens is 3. The van der Waals surface area contributed by atoms with Crippen LogP contribution >= 0.6 is 56.5 Å². The number of carbonyl (C=O) groups is 1. The number of ether oxygens (including phenoxy) is 2. The zero-order chi connectivity index (χ0) is 33.9. The number of carbonyl (C=O) groups excluding carboxylic acids is 1. The van der Waals surface area contributed by atoms with Gasteiger partial charge < -0.3 is 9.47 Å². The topological polar surface area (TPSA) is 69.9 Å². The van der Waals surface area contributed by atoms with Gasteiger partial charge in [0.15, 0.2) is 4.80 Å². The predicted molar refractivity (Wildman–Crippen MR) is 204 cm³/mol. The van der Waals surface area contributed by atoms with Crippen molar-refractivity contribution in [3.05, 3.63) is 157 Å². The number of esters is 1. The molecule has 4 aromatic carbocycles. The van der Waals surface area contributed by atoms with E-state index in [2.05, 4.69) is 59.0 Å². The number of nitrogens with zero attached hydrogens (tertiary/aromatic N) is 2. The van der Waals surface area contributed by atoms with Crippen LogP contribution in [0.3, 0.4) is 0 Å². The van der Waals surface area contributed by atoms with Gasteiger partial charge in [0, 0.05) is 14.7 Å². The van der Waals surface area contributed by atoms with E-state index in [1.807, 2.05) is 72.8 Å². The fourth-order valence-electron chi connectivity index (χ4n) is 5.54. The summed E-state index contributed by atoms with van der Waals surface area (Å²) in [6, 6.07) is 26.9. The van der Waals surface area contributed by atoms with Crippen LogP contribution in [0.15, 0.2) is 106 Å². The third-order valence-electron chi connectivity index (χ3n) is 7.91. The maximum absolute atomic E-state index is 14.5. The summed E-state index contributed by atoms with van der Waals surface area (Å²) in [6.45, 7) is 6.42. The Labute approximate surface area is 308 Å². The van der Waals surface area contributed by atoms with Crippen LogP contribution < -0.4 is 19.6 Å². The number of thiazole rings is 1. The Morgan fingerprint density at radius 2 is 1.73 bits per heavy atom. The summed E-state index contributed by atoms with van der Waals surface area (Å²) in [5.41, 5.74) is 4.75. The summed E-state index contributed by atoms with van der Waals surface area (Å²) in [7, 11) is 0. The summed E-state index contributed by atoms with van der Waals surface area (Å²) in [4.78, 5) is 33.7. The molecule has 1 atom stereocenters. The smallest absolute Gasteiger partial charge is 0.338 e. The summed E-state index contributed by atoms with van der Waals surface area (Å²) in [6.07, 6.45) is 1.82. The minimum Gasteiger partial charge on any atom is -0.487 e. The van der Waals surface area contributed by atoms with Crippen molar-refractivity contribution < 1.29 is 18.7 Å². The molecule has 0 unspecified atom stereocenters. The molecule has 1 aromatic heterocycles. The zero-order valence-electron chi connectivity index (χ0n) is 26.4. The lowest BCUT2D eigenvalue weighted by Gasteiger charge is -2.26. The van der Waals surface area contributed by atoms with Gasteiger partial charge in [0.1, 0.15) is 18.2 Å². The minimum absolute atomic E-state index is 0.180. The van der Waals surface area contributed by atoms with Gasteiger partial charge in [-0.2, -0.15) is 0 Å². The van der Waals surface area contributed by atoms with Crippen molar-refractivity contribution in [1.29, 1.82) is 0 Å². The van der Waals surface area contributed by atoms with E-state index < -0.39 is 12.0 Å². The monoisotopic (exact) mass is 884 g/mol. The second kappa shape index (κ2) is 14.9. The van der Waals surface area contributed by atoms with Crippen LogP contribution in [0, 0.1) is 13.0 Å². The molecule has 6 nitrogen and oxygen atoms in total. The Morgan fingerprint density at radius 1 is 1.02 bits per heavy atom. The highest BCUT2D eigenvalue weighted by atomic mass is 127. The number of rotatable bonds is 9. The molecule has 6 rings (SSSR count). The molecule has 0 saturated carbocycles. The number of hydrogen-bond acceptors (Lipinski definition) is 6. The van der Waals surface area contributed by atoms with E-state index in [0.29, 0.717) is 32.3 Å². The van der Waals surface area contributed by atoms with Crippen LogP contribution in [0.5, 0.6) is 5.75 Å². The molecular weight excluding hydrogens is 853 g/mol. The van der Waals surface area contributed by atoms with E-state index >= 15 is 0 Å². The fourth-order valence-corrected chi connectivity index (χ4v) is 8.57. The molecule has 0 aliphatic carbocycles. The first-order valence-electron chi connectivity index (χ1n) is 15.4. The number of aromatic nitrogens is 1. The molecule has 0 bridgehead atoms. The molecule has 0 fully saturated rings. The molecule has 5 aromatic rings. The Kier molecular flexibility index (Phi) is 10.6. The molecular formula is C38H31FI2N2O4S. The molecule has 1 aliphatic heterocycles. The van der Waals surface area contributed by atoms with Gasteiger partial charge in [-0.3, -0.25) is 9.36 Å². The number of benzene rings is 4. The van der Waals surface area contributed by atoms with Crippen LogP contribution in [0.4, 0.5) is 4.39 Å². The Morgan fingerprint density at radius 3 is 2.40 bits per heavy atom. The van der Waals surface area contributed by atoms with Crippen molar-refractivity contribution in [2.75, 3.05) is 6.61 Å². The van der Waals surface area contributed by atoms with Crippen LogP contribution in [-0.4, -0.2) is 17.1 Å². The van der Waals surface area contributed by atoms with Crippen LogP contribution in [0.1, 0.15) is 60.5 Å². The lowest BCUT2D eigenvalue weighted by Crippen LogP contribution is -2.40. The van der Waals surface area contributed by atoms with Crippen molar-refractivity contribution in [3.8, 4) is 5.75 Å². The van der Waals surface area contributed by atoms with Gasteiger partial charge in [-0.25, -0.2) is 14.2 Å². The fraction of sp³-hybridized carbons (Fsp3) is 0.184. The van der Waals surface area contributed by atoms with Crippen LogP contribution in [0.25, 0.3) is 11.8 Å². The van der Waals surface area contributed by atoms with Gasteiger partial charge in [-0.05, 0) is 105 Å². The first kappa shape index (κ1) is 34.3. The van der Waals surface area contributed by atoms with Gasteiger partial charge in [0.2, 0.25) is 0 Å². The first-order chi connectivity index (χ1) is 23.1. The van der Waals surface area contributed by atoms with E-state index in [1.165, 1.54) is 23.5 Å². The summed E-state index contributed by atoms with van der Waals surface area (Å²) >= 11 is 5.74. The average Bonchev–Trinajstić information content (AvgIpc) is 3.38. The molecule has 0 amide bonds. The molecule has 48 heavy (non-hydrogen) atoms. The average molecular weight is 885 g/mol. The van der Waals surface area contributed by atoms with Crippen molar-refractivity contribution in [1.82, 2.24) is 4.57 Å². The Hall–Kier alpha value is -3.62. The van der Waals surface area contributed by atoms with E-state index in [1.54, 1.807) is 23.6 Å². The highest BCUT2D eigenvalue weighted by molar-refractivity contribution is 14.1. The normalized spacial score (nSPS) is 14.6. The highest BCUT2D eigenvalue weighted by Crippen LogP contribution is 2.36.